The smallest absolute Gasteiger partial charge is 0.323 e. The highest BCUT2D eigenvalue weighted by molar-refractivity contribution is 8.03. The predicted molar refractivity (Wildman–Crippen MR) is 139 cm³/mol. The SMILES string of the molecule is CC(C)(Sc1cnc(NC(=O)N(CCCSc2ccccc2F)[C@H]2CC[C@H](C)CC2)s1)C(=O)O. The third-order valence-electron chi connectivity index (χ3n) is 5.89. The summed E-state index contributed by atoms with van der Waals surface area (Å²) in [6.45, 7) is 6.12. The summed E-state index contributed by atoms with van der Waals surface area (Å²) < 4.78 is 13.6. The minimum absolute atomic E-state index is 0.175. The third-order valence-corrected chi connectivity index (χ3v) is 9.23. The molecule has 0 unspecified atom stereocenters. The van der Waals surface area contributed by atoms with Crippen molar-refractivity contribution in [3.63, 3.8) is 0 Å². The van der Waals surface area contributed by atoms with Gasteiger partial charge in [-0.15, -0.1) is 11.8 Å². The molecule has 0 spiro atoms. The number of hydrogen-bond acceptors (Lipinski definition) is 6. The molecule has 0 radical (unpaired) electrons. The van der Waals surface area contributed by atoms with Gasteiger partial charge in [0.15, 0.2) is 5.13 Å². The van der Waals surface area contributed by atoms with Crippen LogP contribution in [0.2, 0.25) is 0 Å². The number of aromatic nitrogens is 1. The van der Waals surface area contributed by atoms with E-state index in [1.807, 2.05) is 11.0 Å². The molecule has 1 saturated carbocycles. The van der Waals surface area contributed by atoms with Gasteiger partial charge in [0, 0.05) is 17.5 Å². The van der Waals surface area contributed by atoms with Crippen molar-refractivity contribution in [3.8, 4) is 0 Å². The van der Waals surface area contributed by atoms with Crippen molar-refractivity contribution in [1.29, 1.82) is 0 Å². The molecule has 0 saturated heterocycles. The number of urea groups is 1. The Bertz CT molecular complexity index is 977. The van der Waals surface area contributed by atoms with E-state index in [-0.39, 0.29) is 17.9 Å². The van der Waals surface area contributed by atoms with Crippen LogP contribution in [0.3, 0.4) is 0 Å². The lowest BCUT2D eigenvalue weighted by Gasteiger charge is -2.36. The van der Waals surface area contributed by atoms with Crippen molar-refractivity contribution >= 4 is 52.0 Å². The number of halogens is 1. The lowest BCUT2D eigenvalue weighted by molar-refractivity contribution is -0.138. The van der Waals surface area contributed by atoms with E-state index in [1.165, 1.54) is 40.9 Å². The number of aliphatic carboxylic acids is 1. The molecule has 10 heteroatoms. The second-order valence-corrected chi connectivity index (χ2v) is 13.2. The van der Waals surface area contributed by atoms with Crippen LogP contribution in [-0.4, -0.2) is 50.1 Å². The van der Waals surface area contributed by atoms with E-state index in [9.17, 15) is 19.1 Å². The van der Waals surface area contributed by atoms with Gasteiger partial charge in [-0.05, 0) is 69.8 Å². The summed E-state index contributed by atoms with van der Waals surface area (Å²) in [6.07, 6.45) is 6.50. The molecular formula is C24H32FN3O3S3. The number of thioether (sulfide) groups is 2. The van der Waals surface area contributed by atoms with E-state index in [4.69, 9.17) is 0 Å². The van der Waals surface area contributed by atoms with Gasteiger partial charge in [-0.2, -0.15) is 0 Å². The molecule has 1 aromatic heterocycles. The molecule has 1 heterocycles. The third kappa shape index (κ3) is 7.61. The molecule has 2 amide bonds. The Hall–Kier alpha value is -1.78. The fourth-order valence-corrected chi connectivity index (χ4v) is 6.94. The standard InChI is InChI=1S/C24H32FN3O3S3/c1-16-9-11-17(12-10-16)28(13-6-14-32-19-8-5-4-7-18(19)25)23(31)27-22-26-15-20(33-22)34-24(2,3)21(29)30/h4-5,7-8,15-17H,6,9-14H2,1-3H3,(H,29,30)(H,26,27,31)/t16-,17-. The first-order chi connectivity index (χ1) is 16.2. The first-order valence-corrected chi connectivity index (χ1v) is 14.1. The summed E-state index contributed by atoms with van der Waals surface area (Å²) in [6, 6.07) is 6.74. The predicted octanol–water partition coefficient (Wildman–Crippen LogP) is 6.83. The number of rotatable bonds is 10. The number of carboxylic acids is 1. The number of thiazole rings is 1. The van der Waals surface area contributed by atoms with Crippen LogP contribution >= 0.6 is 34.9 Å². The fourth-order valence-electron chi connectivity index (χ4n) is 3.81. The molecule has 1 aliphatic rings. The highest BCUT2D eigenvalue weighted by Crippen LogP contribution is 2.37. The molecule has 0 bridgehead atoms. The van der Waals surface area contributed by atoms with Crippen LogP contribution in [0.1, 0.15) is 52.9 Å². The lowest BCUT2D eigenvalue weighted by Crippen LogP contribution is -2.45. The zero-order chi connectivity index (χ0) is 24.7. The van der Waals surface area contributed by atoms with E-state index in [2.05, 4.69) is 17.2 Å². The monoisotopic (exact) mass is 525 g/mol. The van der Waals surface area contributed by atoms with Crippen molar-refractivity contribution in [2.75, 3.05) is 17.6 Å². The molecule has 6 nitrogen and oxygen atoms in total. The van der Waals surface area contributed by atoms with Crippen LogP contribution in [-0.2, 0) is 4.79 Å². The fraction of sp³-hybridized carbons (Fsp3) is 0.542. The molecular weight excluding hydrogens is 493 g/mol. The van der Waals surface area contributed by atoms with Gasteiger partial charge in [0.25, 0.3) is 0 Å². The average Bonchev–Trinajstić information content (AvgIpc) is 3.21. The summed E-state index contributed by atoms with van der Waals surface area (Å²) >= 11 is 3.96. The van der Waals surface area contributed by atoms with Gasteiger partial charge >= 0.3 is 12.0 Å². The highest BCUT2D eigenvalue weighted by Gasteiger charge is 2.30. The maximum Gasteiger partial charge on any atom is 0.323 e. The Morgan fingerprint density at radius 2 is 1.97 bits per heavy atom. The number of nitrogens with zero attached hydrogens (tertiary/aromatic N) is 2. The van der Waals surface area contributed by atoms with E-state index in [1.54, 1.807) is 32.2 Å². The summed E-state index contributed by atoms with van der Waals surface area (Å²) in [5.74, 6) is 0.277. The van der Waals surface area contributed by atoms with Gasteiger partial charge in [-0.3, -0.25) is 10.1 Å². The quantitative estimate of drug-likeness (QED) is 0.261. The molecule has 0 aliphatic heterocycles. The van der Waals surface area contributed by atoms with Gasteiger partial charge in [0.2, 0.25) is 0 Å². The zero-order valence-electron chi connectivity index (χ0n) is 19.8. The van der Waals surface area contributed by atoms with Gasteiger partial charge < -0.3 is 10.0 Å². The molecule has 2 N–H and O–H groups in total. The van der Waals surface area contributed by atoms with Crippen molar-refractivity contribution < 1.29 is 19.1 Å². The van der Waals surface area contributed by atoms with Gasteiger partial charge in [0.1, 0.15) is 10.6 Å². The number of amides is 2. The van der Waals surface area contributed by atoms with Crippen LogP contribution in [0.5, 0.6) is 0 Å². The van der Waals surface area contributed by atoms with Gasteiger partial charge in [0.05, 0.1) is 10.4 Å². The zero-order valence-corrected chi connectivity index (χ0v) is 22.2. The van der Waals surface area contributed by atoms with Crippen molar-refractivity contribution in [1.82, 2.24) is 9.88 Å². The molecule has 34 heavy (non-hydrogen) atoms. The van der Waals surface area contributed by atoms with Crippen molar-refractivity contribution in [2.24, 2.45) is 5.92 Å². The number of anilines is 1. The topological polar surface area (TPSA) is 82.5 Å². The Labute approximate surface area is 213 Å². The van der Waals surface area contributed by atoms with E-state index in [0.717, 1.165) is 42.1 Å². The summed E-state index contributed by atoms with van der Waals surface area (Å²) in [4.78, 5) is 31.4. The molecule has 1 aliphatic carbocycles. The average molecular weight is 526 g/mol. The molecule has 1 fully saturated rings. The maximum atomic E-state index is 13.9. The minimum Gasteiger partial charge on any atom is -0.480 e. The van der Waals surface area contributed by atoms with E-state index < -0.39 is 10.7 Å². The molecule has 3 rings (SSSR count). The minimum atomic E-state index is -0.978. The first-order valence-electron chi connectivity index (χ1n) is 11.5. The molecule has 0 atom stereocenters. The molecule has 186 valence electrons. The Morgan fingerprint density at radius 3 is 2.65 bits per heavy atom. The maximum absolute atomic E-state index is 13.9. The normalized spacial score (nSPS) is 18.5. The van der Waals surface area contributed by atoms with Crippen LogP contribution in [0, 0.1) is 11.7 Å². The Balaban J connectivity index is 1.60. The van der Waals surface area contributed by atoms with Crippen LogP contribution in [0.4, 0.5) is 14.3 Å². The number of nitrogens with one attached hydrogen (secondary N) is 1. The lowest BCUT2D eigenvalue weighted by atomic mass is 9.86. The van der Waals surface area contributed by atoms with Crippen molar-refractivity contribution in [3.05, 3.63) is 36.3 Å². The first kappa shape index (κ1) is 26.8. The Kier molecular flexibility index (Phi) is 9.67. The summed E-state index contributed by atoms with van der Waals surface area (Å²) in [7, 11) is 0. The summed E-state index contributed by atoms with van der Waals surface area (Å²) in [5, 5.41) is 12.7. The number of carbonyl (C=O) groups excluding carboxylic acids is 1. The number of benzene rings is 1. The van der Waals surface area contributed by atoms with Gasteiger partial charge in [-0.1, -0.05) is 42.2 Å². The van der Waals surface area contributed by atoms with E-state index >= 15 is 0 Å². The number of carbonyl (C=O) groups is 2. The highest BCUT2D eigenvalue weighted by atomic mass is 32.2. The number of hydrogen-bond donors (Lipinski definition) is 2. The largest absolute Gasteiger partial charge is 0.480 e. The van der Waals surface area contributed by atoms with Crippen LogP contribution in [0.25, 0.3) is 0 Å². The Morgan fingerprint density at radius 1 is 1.26 bits per heavy atom. The van der Waals surface area contributed by atoms with Gasteiger partial charge in [-0.25, -0.2) is 14.2 Å². The second kappa shape index (κ2) is 12.3. The van der Waals surface area contributed by atoms with Crippen molar-refractivity contribution in [2.45, 2.75) is 72.8 Å². The summed E-state index contributed by atoms with van der Waals surface area (Å²) in [5.41, 5.74) is 0. The van der Waals surface area contributed by atoms with Crippen LogP contribution < -0.4 is 5.32 Å². The second-order valence-electron chi connectivity index (χ2n) is 9.07. The van der Waals surface area contributed by atoms with E-state index in [0.29, 0.717) is 22.5 Å². The molecule has 1 aromatic carbocycles. The van der Waals surface area contributed by atoms with Crippen LogP contribution in [0.15, 0.2) is 39.6 Å². The molecule has 2 aromatic rings. The number of carboxylic acid groups (broad SMARTS) is 1.